The highest BCUT2D eigenvalue weighted by atomic mass is 19.1. The van der Waals surface area contributed by atoms with E-state index in [9.17, 15) is 9.18 Å². The fourth-order valence-corrected chi connectivity index (χ4v) is 3.80. The van der Waals surface area contributed by atoms with Gasteiger partial charge in [0.25, 0.3) is 0 Å². The number of carbonyl (C=O) groups excluding carboxylic acids is 1. The second-order valence-corrected chi connectivity index (χ2v) is 6.81. The number of nitrogens with two attached hydrogens (primary N) is 1. The van der Waals surface area contributed by atoms with Crippen molar-refractivity contribution in [3.05, 3.63) is 64.7 Å². The highest BCUT2D eigenvalue weighted by molar-refractivity contribution is 6.00. The fraction of sp³-hybridized carbons (Fsp3) is 0.238. The summed E-state index contributed by atoms with van der Waals surface area (Å²) in [5.41, 5.74) is 9.63. The molecule has 4 rings (SSSR count). The van der Waals surface area contributed by atoms with Gasteiger partial charge in [-0.1, -0.05) is 12.1 Å². The van der Waals surface area contributed by atoms with Gasteiger partial charge in [-0.05, 0) is 43.0 Å². The third-order valence-corrected chi connectivity index (χ3v) is 5.00. The molecule has 0 radical (unpaired) electrons. The summed E-state index contributed by atoms with van der Waals surface area (Å²) in [6, 6.07) is 9.88. The molecular formula is C21H19FN4O2. The summed E-state index contributed by atoms with van der Waals surface area (Å²) in [5.74, 6) is 0.0376. The molecule has 1 atom stereocenters. The van der Waals surface area contributed by atoms with Gasteiger partial charge in [0.1, 0.15) is 5.82 Å². The average molecular weight is 377 g/mol. The van der Waals surface area contributed by atoms with Crippen LogP contribution in [0.1, 0.15) is 39.6 Å². The van der Waals surface area contributed by atoms with Gasteiger partial charge in [0, 0.05) is 18.1 Å². The molecule has 0 bridgehead atoms. The van der Waals surface area contributed by atoms with Crippen molar-refractivity contribution >= 4 is 11.7 Å². The molecule has 28 heavy (non-hydrogen) atoms. The van der Waals surface area contributed by atoms with E-state index >= 15 is 0 Å². The van der Waals surface area contributed by atoms with E-state index in [1.807, 2.05) is 0 Å². The van der Waals surface area contributed by atoms with Crippen LogP contribution in [0.4, 0.5) is 10.3 Å². The zero-order chi connectivity index (χ0) is 19.8. The molecule has 0 spiro atoms. The molecule has 6 nitrogen and oxygen atoms in total. The number of methoxy groups -OCH3 is 1. The summed E-state index contributed by atoms with van der Waals surface area (Å²) in [6.07, 6.45) is 0.820. The number of ether oxygens (including phenoxy) is 1. The van der Waals surface area contributed by atoms with Crippen LogP contribution in [0.3, 0.4) is 0 Å². The normalized spacial score (nSPS) is 16.0. The number of nitrogen functional groups attached to an aromatic ring is 1. The van der Waals surface area contributed by atoms with Crippen molar-refractivity contribution in [1.82, 2.24) is 15.0 Å². The Morgan fingerprint density at radius 2 is 1.96 bits per heavy atom. The molecule has 0 amide bonds. The number of Topliss-reactive ketones (excluding diaryl/α,β-unsaturated/α-hetero) is 1. The number of ketones is 1. The molecule has 0 saturated carbocycles. The molecule has 1 aliphatic carbocycles. The highest BCUT2D eigenvalue weighted by Crippen LogP contribution is 2.38. The van der Waals surface area contributed by atoms with Crippen LogP contribution >= 0.6 is 0 Å². The minimum absolute atomic E-state index is 0.0300. The number of halogens is 1. The first-order chi connectivity index (χ1) is 13.5. The van der Waals surface area contributed by atoms with Crippen molar-refractivity contribution in [2.45, 2.75) is 25.7 Å². The quantitative estimate of drug-likeness (QED) is 0.751. The van der Waals surface area contributed by atoms with Gasteiger partial charge in [-0.3, -0.25) is 4.79 Å². The van der Waals surface area contributed by atoms with Crippen molar-refractivity contribution in [2.75, 3.05) is 12.8 Å². The van der Waals surface area contributed by atoms with Crippen molar-refractivity contribution in [3.63, 3.8) is 0 Å². The standard InChI is InChI=1S/C21H19FN4O2/c1-11-20-17(26-21(23)24-11)8-12(9-18(20)27)14-7-6-13(22)10-15(14)16-4-3-5-19(25-16)28-2/h3-7,10,12H,8-9H2,1-2H3,(H2,23,24,26)/t12-/m1/s1/i2-1. The number of hydrogen-bond donors (Lipinski definition) is 1. The number of pyridine rings is 1. The summed E-state index contributed by atoms with van der Waals surface area (Å²) in [4.78, 5) is 25.6. The monoisotopic (exact) mass is 377 g/mol. The van der Waals surface area contributed by atoms with Crippen LogP contribution in [0.25, 0.3) is 11.3 Å². The SMILES string of the molecule is Cc1nc(N)nc2c1C(=O)C[C@H](c1ccc(F)cc1-c1cccc(O[11CH3])n1)C2. The maximum Gasteiger partial charge on any atom is 0.220 e. The molecule has 1 aliphatic rings. The van der Waals surface area contributed by atoms with E-state index in [-0.39, 0.29) is 23.5 Å². The average Bonchev–Trinajstić information content (AvgIpc) is 2.67. The number of anilines is 1. The van der Waals surface area contributed by atoms with Crippen LogP contribution in [0.15, 0.2) is 36.4 Å². The van der Waals surface area contributed by atoms with Crippen LogP contribution in [-0.2, 0) is 6.42 Å². The van der Waals surface area contributed by atoms with E-state index in [1.165, 1.54) is 19.2 Å². The van der Waals surface area contributed by atoms with Gasteiger partial charge < -0.3 is 10.5 Å². The van der Waals surface area contributed by atoms with Gasteiger partial charge in [-0.2, -0.15) is 0 Å². The van der Waals surface area contributed by atoms with E-state index < -0.39 is 0 Å². The molecule has 0 unspecified atom stereocenters. The Hall–Kier alpha value is -3.35. The van der Waals surface area contributed by atoms with Crippen molar-refractivity contribution in [3.8, 4) is 17.1 Å². The predicted molar refractivity (Wildman–Crippen MR) is 103 cm³/mol. The Balaban J connectivity index is 1.81. The Labute approximate surface area is 161 Å². The summed E-state index contributed by atoms with van der Waals surface area (Å²) in [7, 11) is 1.53. The molecule has 7 heteroatoms. The Bertz CT molecular complexity index is 1080. The summed E-state index contributed by atoms with van der Waals surface area (Å²) < 4.78 is 19.2. The van der Waals surface area contributed by atoms with Crippen LogP contribution in [0.5, 0.6) is 5.88 Å². The van der Waals surface area contributed by atoms with E-state index in [4.69, 9.17) is 10.5 Å². The highest BCUT2D eigenvalue weighted by Gasteiger charge is 2.31. The summed E-state index contributed by atoms with van der Waals surface area (Å²) >= 11 is 0. The largest absolute Gasteiger partial charge is 0.481 e. The Morgan fingerprint density at radius 1 is 1.14 bits per heavy atom. The number of aryl methyl sites for hydroxylation is 1. The van der Waals surface area contributed by atoms with Crippen LogP contribution in [0.2, 0.25) is 0 Å². The maximum atomic E-state index is 14.0. The smallest absolute Gasteiger partial charge is 0.220 e. The van der Waals surface area contributed by atoms with Gasteiger partial charge >= 0.3 is 0 Å². The molecule has 0 fully saturated rings. The second-order valence-electron chi connectivity index (χ2n) is 6.81. The molecule has 142 valence electrons. The number of hydrogen-bond acceptors (Lipinski definition) is 6. The van der Waals surface area contributed by atoms with Crippen molar-refractivity contribution in [2.24, 2.45) is 0 Å². The first-order valence-electron chi connectivity index (χ1n) is 8.93. The first-order valence-corrected chi connectivity index (χ1v) is 8.93. The van der Waals surface area contributed by atoms with Crippen LogP contribution in [-0.4, -0.2) is 27.8 Å². The minimum Gasteiger partial charge on any atom is -0.481 e. The summed E-state index contributed by atoms with van der Waals surface area (Å²) in [6.45, 7) is 1.76. The topological polar surface area (TPSA) is 91.0 Å². The van der Waals surface area contributed by atoms with E-state index in [0.29, 0.717) is 46.9 Å². The molecule has 2 N–H and O–H groups in total. The van der Waals surface area contributed by atoms with E-state index in [1.54, 1.807) is 31.2 Å². The predicted octanol–water partition coefficient (Wildman–Crippen LogP) is 3.49. The first kappa shape index (κ1) is 18.0. The number of fused-ring (bicyclic) bond motifs is 1. The number of nitrogens with zero attached hydrogens (tertiary/aromatic N) is 3. The van der Waals surface area contributed by atoms with Gasteiger partial charge in [-0.15, -0.1) is 0 Å². The lowest BCUT2D eigenvalue weighted by Crippen LogP contribution is -2.23. The van der Waals surface area contributed by atoms with E-state index in [0.717, 1.165) is 5.56 Å². The molecule has 0 aliphatic heterocycles. The van der Waals surface area contributed by atoms with Crippen LogP contribution < -0.4 is 10.5 Å². The van der Waals surface area contributed by atoms with Gasteiger partial charge in [-0.25, -0.2) is 19.3 Å². The molecule has 2 heterocycles. The number of benzene rings is 1. The molecule has 1 aromatic carbocycles. The number of carbonyl (C=O) groups is 1. The second kappa shape index (κ2) is 6.99. The van der Waals surface area contributed by atoms with Crippen molar-refractivity contribution in [1.29, 1.82) is 0 Å². The molecule has 0 saturated heterocycles. The lowest BCUT2D eigenvalue weighted by Gasteiger charge is -2.26. The van der Waals surface area contributed by atoms with Crippen LogP contribution in [0, 0.1) is 12.7 Å². The summed E-state index contributed by atoms with van der Waals surface area (Å²) in [5, 5.41) is 0. The molecule has 2 aromatic heterocycles. The fourth-order valence-electron chi connectivity index (χ4n) is 3.80. The Kier molecular flexibility index (Phi) is 4.50. The zero-order valence-electron chi connectivity index (χ0n) is 15.6. The zero-order valence-corrected chi connectivity index (χ0v) is 15.6. The Morgan fingerprint density at radius 3 is 2.75 bits per heavy atom. The third-order valence-electron chi connectivity index (χ3n) is 5.00. The van der Waals surface area contributed by atoms with Gasteiger partial charge in [0.05, 0.1) is 29.8 Å². The lowest BCUT2D eigenvalue weighted by atomic mass is 9.79. The third kappa shape index (κ3) is 3.19. The lowest BCUT2D eigenvalue weighted by molar-refractivity contribution is 0.0962. The molecule has 3 aromatic rings. The van der Waals surface area contributed by atoms with Gasteiger partial charge in [0.15, 0.2) is 5.78 Å². The van der Waals surface area contributed by atoms with E-state index in [2.05, 4.69) is 15.0 Å². The maximum absolute atomic E-state index is 14.0. The number of aromatic nitrogens is 3. The number of rotatable bonds is 3. The molecular weight excluding hydrogens is 358 g/mol. The minimum atomic E-state index is -0.367. The van der Waals surface area contributed by atoms with Crippen molar-refractivity contribution < 1.29 is 13.9 Å². The van der Waals surface area contributed by atoms with Gasteiger partial charge in [0.2, 0.25) is 11.8 Å².